The average molecular weight is 388 g/mol. The van der Waals surface area contributed by atoms with Crippen LogP contribution in [0.1, 0.15) is 35.8 Å². The molecule has 4 rings (SSSR count). The highest BCUT2D eigenvalue weighted by atomic mass is 16.5. The Bertz CT molecular complexity index is 1040. The number of ether oxygens (including phenoxy) is 1. The number of hydrogen-bond donors (Lipinski definition) is 0. The molecular weight excluding hydrogens is 364 g/mol. The van der Waals surface area contributed by atoms with E-state index in [1.807, 2.05) is 30.6 Å². The molecule has 2 aromatic carbocycles. The predicted octanol–water partition coefficient (Wildman–Crippen LogP) is 4.32. The van der Waals surface area contributed by atoms with E-state index in [2.05, 4.69) is 58.0 Å². The minimum absolute atomic E-state index is 0.161. The lowest BCUT2D eigenvalue weighted by Gasteiger charge is -2.17. The predicted molar refractivity (Wildman–Crippen MR) is 111 cm³/mol. The number of imidazole rings is 1. The third-order valence-electron chi connectivity index (χ3n) is 4.98. The summed E-state index contributed by atoms with van der Waals surface area (Å²) in [7, 11) is 1.66. The number of rotatable bonds is 8. The maximum atomic E-state index is 5.34. The molecule has 0 bridgehead atoms. The molecule has 0 aliphatic carbocycles. The summed E-state index contributed by atoms with van der Waals surface area (Å²) in [6, 6.07) is 20.7. The molecule has 148 valence electrons. The topological polar surface area (TPSA) is 66.0 Å². The fourth-order valence-corrected chi connectivity index (χ4v) is 3.49. The Hall–Kier alpha value is -3.25. The van der Waals surface area contributed by atoms with Crippen LogP contribution in [-0.2, 0) is 17.7 Å². The van der Waals surface area contributed by atoms with Gasteiger partial charge in [-0.2, -0.15) is 4.98 Å². The van der Waals surface area contributed by atoms with Crippen molar-refractivity contribution in [1.29, 1.82) is 0 Å². The number of methoxy groups -OCH3 is 1. The molecule has 1 atom stereocenters. The second-order valence-electron chi connectivity index (χ2n) is 6.95. The van der Waals surface area contributed by atoms with Crippen molar-refractivity contribution in [2.45, 2.75) is 25.8 Å². The highest BCUT2D eigenvalue weighted by Gasteiger charge is 2.21. The molecule has 0 amide bonds. The maximum absolute atomic E-state index is 5.34. The summed E-state index contributed by atoms with van der Waals surface area (Å²) >= 11 is 0. The van der Waals surface area contributed by atoms with Gasteiger partial charge in [0.1, 0.15) is 0 Å². The Morgan fingerprint density at radius 3 is 2.48 bits per heavy atom. The molecule has 0 spiro atoms. The van der Waals surface area contributed by atoms with E-state index in [4.69, 9.17) is 14.2 Å². The van der Waals surface area contributed by atoms with Crippen LogP contribution < -0.4 is 0 Å². The number of benzene rings is 2. The zero-order chi connectivity index (χ0) is 20.1. The zero-order valence-electron chi connectivity index (χ0n) is 16.7. The third-order valence-corrected chi connectivity index (χ3v) is 4.98. The Labute approximate surface area is 170 Å². The first-order valence-corrected chi connectivity index (χ1v) is 9.72. The van der Waals surface area contributed by atoms with Gasteiger partial charge in [0.05, 0.1) is 37.3 Å². The van der Waals surface area contributed by atoms with Gasteiger partial charge in [0, 0.05) is 18.6 Å². The van der Waals surface area contributed by atoms with E-state index in [1.54, 1.807) is 7.11 Å². The standard InChI is InChI=1S/C23H24N4O2/c1-17(18-9-5-3-6-10-18)23-22(19-11-7-4-8-12-19)24-16-27(23)15-20-25-21(29-26-20)13-14-28-2/h3-12,16-17H,13-15H2,1-2H3/t17-/m0/s1. The average Bonchev–Trinajstić information content (AvgIpc) is 3.40. The fraction of sp³-hybridized carbons (Fsp3) is 0.261. The summed E-state index contributed by atoms with van der Waals surface area (Å²) in [4.78, 5) is 9.23. The summed E-state index contributed by atoms with van der Waals surface area (Å²) in [5.41, 5.74) is 4.44. The molecule has 0 radical (unpaired) electrons. The number of nitrogens with zero attached hydrogens (tertiary/aromatic N) is 4. The summed E-state index contributed by atoms with van der Waals surface area (Å²) in [5, 5.41) is 4.13. The van der Waals surface area contributed by atoms with Crippen molar-refractivity contribution in [2.24, 2.45) is 0 Å². The van der Waals surface area contributed by atoms with Gasteiger partial charge in [0.2, 0.25) is 5.89 Å². The van der Waals surface area contributed by atoms with Crippen molar-refractivity contribution in [3.05, 3.63) is 90.0 Å². The molecular formula is C23H24N4O2. The van der Waals surface area contributed by atoms with E-state index in [1.165, 1.54) is 5.56 Å². The van der Waals surface area contributed by atoms with Gasteiger partial charge in [-0.15, -0.1) is 0 Å². The van der Waals surface area contributed by atoms with E-state index in [-0.39, 0.29) is 5.92 Å². The van der Waals surface area contributed by atoms with Crippen molar-refractivity contribution < 1.29 is 9.26 Å². The lowest BCUT2D eigenvalue weighted by molar-refractivity contribution is 0.192. The van der Waals surface area contributed by atoms with Gasteiger partial charge in [-0.3, -0.25) is 0 Å². The van der Waals surface area contributed by atoms with Gasteiger partial charge in [0.15, 0.2) is 5.82 Å². The van der Waals surface area contributed by atoms with E-state index in [9.17, 15) is 0 Å². The van der Waals surface area contributed by atoms with Crippen LogP contribution in [0.3, 0.4) is 0 Å². The maximum Gasteiger partial charge on any atom is 0.229 e. The summed E-state index contributed by atoms with van der Waals surface area (Å²) in [6.07, 6.45) is 2.47. The van der Waals surface area contributed by atoms with Gasteiger partial charge in [-0.1, -0.05) is 72.7 Å². The molecule has 4 aromatic rings. The van der Waals surface area contributed by atoms with E-state index < -0.39 is 0 Å². The summed E-state index contributed by atoms with van der Waals surface area (Å²) in [5.74, 6) is 1.38. The molecule has 0 saturated carbocycles. The first-order chi connectivity index (χ1) is 14.3. The Morgan fingerprint density at radius 2 is 1.76 bits per heavy atom. The Morgan fingerprint density at radius 1 is 1.03 bits per heavy atom. The van der Waals surface area contributed by atoms with Crippen LogP contribution in [0.15, 0.2) is 71.5 Å². The van der Waals surface area contributed by atoms with Crippen LogP contribution in [0.5, 0.6) is 0 Å². The summed E-state index contributed by atoms with van der Waals surface area (Å²) < 4.78 is 12.5. The van der Waals surface area contributed by atoms with Crippen LogP contribution in [0, 0.1) is 0 Å². The van der Waals surface area contributed by atoms with Gasteiger partial charge < -0.3 is 13.8 Å². The zero-order valence-corrected chi connectivity index (χ0v) is 16.7. The monoisotopic (exact) mass is 388 g/mol. The van der Waals surface area contributed by atoms with Crippen LogP contribution in [-0.4, -0.2) is 33.4 Å². The van der Waals surface area contributed by atoms with Crippen molar-refractivity contribution in [3.63, 3.8) is 0 Å². The van der Waals surface area contributed by atoms with Gasteiger partial charge >= 0.3 is 0 Å². The van der Waals surface area contributed by atoms with Gasteiger partial charge in [0.25, 0.3) is 0 Å². The van der Waals surface area contributed by atoms with Crippen LogP contribution >= 0.6 is 0 Å². The molecule has 2 heterocycles. The second kappa shape index (κ2) is 8.84. The molecule has 0 aliphatic rings. The second-order valence-corrected chi connectivity index (χ2v) is 6.95. The van der Waals surface area contributed by atoms with Gasteiger partial charge in [-0.25, -0.2) is 4.98 Å². The van der Waals surface area contributed by atoms with E-state index >= 15 is 0 Å². The minimum Gasteiger partial charge on any atom is -0.384 e. The molecule has 0 fully saturated rings. The van der Waals surface area contributed by atoms with Crippen molar-refractivity contribution in [3.8, 4) is 11.3 Å². The molecule has 6 nitrogen and oxygen atoms in total. The highest BCUT2D eigenvalue weighted by Crippen LogP contribution is 2.32. The lowest BCUT2D eigenvalue weighted by atomic mass is 9.94. The normalized spacial score (nSPS) is 12.2. The molecule has 0 N–H and O–H groups in total. The van der Waals surface area contributed by atoms with Crippen molar-refractivity contribution in [2.75, 3.05) is 13.7 Å². The molecule has 29 heavy (non-hydrogen) atoms. The lowest BCUT2D eigenvalue weighted by Crippen LogP contribution is -2.09. The Kier molecular flexibility index (Phi) is 5.81. The SMILES string of the molecule is COCCc1nc(Cn2cnc(-c3ccccc3)c2[C@@H](C)c2ccccc2)no1. The molecule has 0 saturated heterocycles. The first-order valence-electron chi connectivity index (χ1n) is 9.72. The highest BCUT2D eigenvalue weighted by molar-refractivity contribution is 5.63. The van der Waals surface area contributed by atoms with Crippen LogP contribution in [0.2, 0.25) is 0 Å². The minimum atomic E-state index is 0.161. The third kappa shape index (κ3) is 4.27. The molecule has 0 aliphatic heterocycles. The van der Waals surface area contributed by atoms with Gasteiger partial charge in [-0.05, 0) is 5.56 Å². The van der Waals surface area contributed by atoms with Crippen LogP contribution in [0.25, 0.3) is 11.3 Å². The number of aromatic nitrogens is 4. The fourth-order valence-electron chi connectivity index (χ4n) is 3.49. The van der Waals surface area contributed by atoms with Crippen LogP contribution in [0.4, 0.5) is 0 Å². The quantitative estimate of drug-likeness (QED) is 0.450. The smallest absolute Gasteiger partial charge is 0.229 e. The van der Waals surface area contributed by atoms with E-state index in [0.717, 1.165) is 17.0 Å². The largest absolute Gasteiger partial charge is 0.384 e. The van der Waals surface area contributed by atoms with Crippen molar-refractivity contribution in [1.82, 2.24) is 19.7 Å². The summed E-state index contributed by atoms with van der Waals surface area (Å²) in [6.45, 7) is 3.26. The number of hydrogen-bond acceptors (Lipinski definition) is 5. The van der Waals surface area contributed by atoms with Crippen molar-refractivity contribution >= 4 is 0 Å². The molecule has 6 heteroatoms. The molecule has 0 unspecified atom stereocenters. The van der Waals surface area contributed by atoms with E-state index in [0.29, 0.717) is 31.3 Å². The molecule has 2 aromatic heterocycles. The Balaban J connectivity index is 1.70. The first kappa shape index (κ1) is 19.1.